The molecule has 1 amide bonds. The van der Waals surface area contributed by atoms with Crippen LogP contribution in [-0.4, -0.2) is 39.8 Å². The highest BCUT2D eigenvalue weighted by molar-refractivity contribution is 5.78. The molecule has 0 bridgehead atoms. The number of nitrogens with zero attached hydrogens (tertiary/aromatic N) is 3. The molecule has 0 spiro atoms. The number of rotatable bonds is 2. The summed E-state index contributed by atoms with van der Waals surface area (Å²) in [6.45, 7) is 8.43. The van der Waals surface area contributed by atoms with E-state index in [0.29, 0.717) is 13.0 Å². The van der Waals surface area contributed by atoms with Crippen molar-refractivity contribution in [1.29, 1.82) is 0 Å². The van der Waals surface area contributed by atoms with E-state index >= 15 is 0 Å². The molecule has 0 saturated carbocycles. The van der Waals surface area contributed by atoms with E-state index < -0.39 is 6.17 Å². The van der Waals surface area contributed by atoms with E-state index in [1.807, 2.05) is 27.7 Å². The minimum atomic E-state index is -1.05. The van der Waals surface area contributed by atoms with Crippen LogP contribution in [0.25, 0.3) is 0 Å². The summed E-state index contributed by atoms with van der Waals surface area (Å²) >= 11 is 0. The van der Waals surface area contributed by atoms with Crippen molar-refractivity contribution in [3.63, 3.8) is 0 Å². The van der Waals surface area contributed by atoms with Gasteiger partial charge in [0.1, 0.15) is 6.17 Å². The highest BCUT2D eigenvalue weighted by Crippen LogP contribution is 2.27. The first-order chi connectivity index (χ1) is 8.91. The van der Waals surface area contributed by atoms with Gasteiger partial charge in [0.15, 0.2) is 0 Å². The predicted molar refractivity (Wildman–Crippen MR) is 71.7 cm³/mol. The fraction of sp³-hybridized carbons (Fsp3) is 0.714. The third-order valence-electron chi connectivity index (χ3n) is 3.92. The van der Waals surface area contributed by atoms with Crippen molar-refractivity contribution < 1.29 is 9.18 Å². The lowest BCUT2D eigenvalue weighted by molar-refractivity contribution is -0.137. The average Bonchev–Trinajstić information content (AvgIpc) is 2.69. The molecule has 2 rings (SSSR count). The van der Waals surface area contributed by atoms with Gasteiger partial charge in [-0.25, -0.2) is 4.39 Å². The molecule has 1 saturated heterocycles. The summed E-state index contributed by atoms with van der Waals surface area (Å²) in [4.78, 5) is 13.5. The number of hydrogen-bond acceptors (Lipinski definition) is 2. The molecule has 1 aliphatic rings. The van der Waals surface area contributed by atoms with Gasteiger partial charge in [0.2, 0.25) is 5.91 Å². The maximum Gasteiger partial charge on any atom is 0.225 e. The summed E-state index contributed by atoms with van der Waals surface area (Å²) in [6, 6.07) is -0.245. The van der Waals surface area contributed by atoms with E-state index in [4.69, 9.17) is 0 Å². The van der Waals surface area contributed by atoms with Gasteiger partial charge in [-0.15, -0.1) is 0 Å². The molecule has 0 unspecified atom stereocenters. The molecule has 5 heteroatoms. The fourth-order valence-electron chi connectivity index (χ4n) is 2.58. The Morgan fingerprint density at radius 3 is 2.63 bits per heavy atom. The number of alkyl halides is 1. The average molecular weight is 267 g/mol. The molecule has 19 heavy (non-hydrogen) atoms. The van der Waals surface area contributed by atoms with E-state index in [1.165, 1.54) is 0 Å². The first-order valence-electron chi connectivity index (χ1n) is 6.85. The fourth-order valence-corrected chi connectivity index (χ4v) is 2.58. The zero-order chi connectivity index (χ0) is 14.2. The minimum absolute atomic E-state index is 0.0365. The molecule has 0 aliphatic carbocycles. The summed E-state index contributed by atoms with van der Waals surface area (Å²) in [5, 5.41) is 4.27. The molecule has 1 aromatic heterocycles. The van der Waals surface area contributed by atoms with Crippen LogP contribution in [0, 0.1) is 19.8 Å². The van der Waals surface area contributed by atoms with Crippen LogP contribution in [0.1, 0.15) is 37.6 Å². The van der Waals surface area contributed by atoms with Gasteiger partial charge < -0.3 is 4.90 Å². The zero-order valence-corrected chi connectivity index (χ0v) is 12.1. The number of amides is 1. The summed E-state index contributed by atoms with van der Waals surface area (Å²) < 4.78 is 16.1. The van der Waals surface area contributed by atoms with Crippen molar-refractivity contribution in [2.24, 2.45) is 5.92 Å². The van der Waals surface area contributed by atoms with Crippen molar-refractivity contribution in [3.8, 4) is 0 Å². The number of carbonyl (C=O) groups is 1. The molecule has 2 atom stereocenters. The van der Waals surface area contributed by atoms with Crippen LogP contribution in [0.2, 0.25) is 0 Å². The van der Waals surface area contributed by atoms with Crippen LogP contribution in [0.5, 0.6) is 0 Å². The Bertz CT molecular complexity index is 469. The smallest absolute Gasteiger partial charge is 0.225 e. The third kappa shape index (κ3) is 2.65. The van der Waals surface area contributed by atoms with Crippen molar-refractivity contribution >= 4 is 5.91 Å². The van der Waals surface area contributed by atoms with Gasteiger partial charge in [0.05, 0.1) is 18.8 Å². The number of hydrogen-bond donors (Lipinski definition) is 0. The Labute approximate surface area is 113 Å². The molecule has 1 aromatic rings. The quantitative estimate of drug-likeness (QED) is 0.824. The van der Waals surface area contributed by atoms with Crippen LogP contribution in [-0.2, 0) is 4.79 Å². The Hall–Kier alpha value is -1.39. The number of carbonyl (C=O) groups excluding carboxylic acids is 1. The Kier molecular flexibility index (Phi) is 3.92. The van der Waals surface area contributed by atoms with Gasteiger partial charge in [-0.2, -0.15) is 5.10 Å². The van der Waals surface area contributed by atoms with Gasteiger partial charge in [-0.05, 0) is 25.8 Å². The number of piperidine rings is 1. The van der Waals surface area contributed by atoms with Crippen LogP contribution in [0.4, 0.5) is 4.39 Å². The first kappa shape index (κ1) is 14.0. The predicted octanol–water partition coefficient (Wildman–Crippen LogP) is 2.27. The largest absolute Gasteiger partial charge is 0.339 e. The van der Waals surface area contributed by atoms with Crippen molar-refractivity contribution in [1.82, 2.24) is 14.7 Å². The van der Waals surface area contributed by atoms with Gasteiger partial charge in [-0.3, -0.25) is 9.48 Å². The highest BCUT2D eigenvalue weighted by atomic mass is 19.1. The number of halogens is 1. The molecule has 106 valence electrons. The molecular formula is C14H22FN3O. The van der Waals surface area contributed by atoms with Crippen LogP contribution >= 0.6 is 0 Å². The lowest BCUT2D eigenvalue weighted by Crippen LogP contribution is -2.47. The standard InChI is InChI=1S/C14H22FN3O/c1-9(2)14(19)17-6-5-13(12(15)8-17)18-11(4)10(3)7-16-18/h7,9,12-13H,5-6,8H2,1-4H3/t12-,13-/m0/s1. The van der Waals surface area contributed by atoms with E-state index in [9.17, 15) is 9.18 Å². The second-order valence-corrected chi connectivity index (χ2v) is 5.67. The van der Waals surface area contributed by atoms with Gasteiger partial charge in [-0.1, -0.05) is 13.8 Å². The molecule has 4 nitrogen and oxygen atoms in total. The molecule has 1 aliphatic heterocycles. The summed E-state index contributed by atoms with van der Waals surface area (Å²) in [5.41, 5.74) is 2.09. The SMILES string of the molecule is Cc1cnn([C@H]2CCN(C(=O)C(C)C)C[C@@H]2F)c1C. The molecular weight excluding hydrogens is 245 g/mol. The Morgan fingerprint density at radius 1 is 1.47 bits per heavy atom. The summed E-state index contributed by atoms with van der Waals surface area (Å²) in [6.07, 6.45) is 1.35. The second-order valence-electron chi connectivity index (χ2n) is 5.67. The maximum atomic E-state index is 14.3. The lowest BCUT2D eigenvalue weighted by atomic mass is 10.0. The van der Waals surface area contributed by atoms with E-state index in [-0.39, 0.29) is 24.4 Å². The Balaban J connectivity index is 2.09. The zero-order valence-electron chi connectivity index (χ0n) is 12.1. The number of aromatic nitrogens is 2. The van der Waals surface area contributed by atoms with E-state index in [1.54, 1.807) is 15.8 Å². The number of aryl methyl sites for hydroxylation is 1. The Morgan fingerprint density at radius 2 is 2.16 bits per heavy atom. The van der Waals surface area contributed by atoms with Crippen LogP contribution < -0.4 is 0 Å². The van der Waals surface area contributed by atoms with Crippen molar-refractivity contribution in [3.05, 3.63) is 17.5 Å². The highest BCUT2D eigenvalue weighted by Gasteiger charge is 2.34. The van der Waals surface area contributed by atoms with Crippen LogP contribution in [0.15, 0.2) is 6.20 Å². The maximum absolute atomic E-state index is 14.3. The summed E-state index contributed by atoms with van der Waals surface area (Å²) in [5.74, 6) is -0.0353. The molecule has 1 fully saturated rings. The topological polar surface area (TPSA) is 38.1 Å². The van der Waals surface area contributed by atoms with Gasteiger partial charge in [0, 0.05) is 18.2 Å². The molecule has 0 radical (unpaired) electrons. The van der Waals surface area contributed by atoms with Crippen LogP contribution in [0.3, 0.4) is 0 Å². The lowest BCUT2D eigenvalue weighted by Gasteiger charge is -2.36. The van der Waals surface area contributed by atoms with Gasteiger partial charge >= 0.3 is 0 Å². The first-order valence-corrected chi connectivity index (χ1v) is 6.85. The molecule has 0 aromatic carbocycles. The monoisotopic (exact) mass is 267 g/mol. The van der Waals surface area contributed by atoms with Gasteiger partial charge in [0.25, 0.3) is 0 Å². The minimum Gasteiger partial charge on any atom is -0.339 e. The van der Waals surface area contributed by atoms with Crippen molar-refractivity contribution in [2.45, 2.75) is 46.3 Å². The van der Waals surface area contributed by atoms with E-state index in [2.05, 4.69) is 5.10 Å². The third-order valence-corrected chi connectivity index (χ3v) is 3.92. The second kappa shape index (κ2) is 5.31. The molecule has 2 heterocycles. The van der Waals surface area contributed by atoms with E-state index in [0.717, 1.165) is 11.3 Å². The normalized spacial score (nSPS) is 24.0. The van der Waals surface area contributed by atoms with Crippen molar-refractivity contribution in [2.75, 3.05) is 13.1 Å². The summed E-state index contributed by atoms with van der Waals surface area (Å²) in [7, 11) is 0. The molecule has 0 N–H and O–H groups in total. The number of likely N-dealkylation sites (tertiary alicyclic amines) is 1.